The molecule has 6 heteroatoms. The van der Waals surface area contributed by atoms with Gasteiger partial charge in [0.05, 0.1) is 25.0 Å². The molecule has 0 heterocycles. The zero-order valence-corrected chi connectivity index (χ0v) is 10.6. The summed E-state index contributed by atoms with van der Waals surface area (Å²) in [6.07, 6.45) is 0. The molecule has 1 atom stereocenters. The molecule has 1 aromatic rings. The van der Waals surface area contributed by atoms with Gasteiger partial charge in [0.15, 0.2) is 0 Å². The summed E-state index contributed by atoms with van der Waals surface area (Å²) in [5.74, 6) is -1.13. The van der Waals surface area contributed by atoms with E-state index in [0.29, 0.717) is 6.61 Å². The fourth-order valence-electron chi connectivity index (χ4n) is 1.54. The number of methoxy groups -OCH3 is 2. The van der Waals surface area contributed by atoms with Crippen LogP contribution < -0.4 is 11.1 Å². The predicted molar refractivity (Wildman–Crippen MR) is 67.1 cm³/mol. The van der Waals surface area contributed by atoms with E-state index in [2.05, 4.69) is 10.1 Å². The van der Waals surface area contributed by atoms with Crippen LogP contribution in [0.5, 0.6) is 0 Å². The van der Waals surface area contributed by atoms with Crippen molar-refractivity contribution < 1.29 is 18.7 Å². The Balaban J connectivity index is 3.01. The molecule has 3 N–H and O–H groups in total. The van der Waals surface area contributed by atoms with Gasteiger partial charge in [-0.05, 0) is 19.1 Å². The highest BCUT2D eigenvalue weighted by Crippen LogP contribution is 2.23. The summed E-state index contributed by atoms with van der Waals surface area (Å²) >= 11 is 0. The number of benzene rings is 1. The van der Waals surface area contributed by atoms with E-state index in [1.54, 1.807) is 7.11 Å². The third-order valence-electron chi connectivity index (χ3n) is 2.36. The number of nitrogen functional groups attached to an aromatic ring is 1. The number of carbonyl (C=O) groups is 1. The molecule has 0 saturated carbocycles. The Hall–Kier alpha value is -1.82. The van der Waals surface area contributed by atoms with Crippen molar-refractivity contribution in [2.45, 2.75) is 13.0 Å². The molecule has 0 fully saturated rings. The maximum absolute atomic E-state index is 13.7. The summed E-state index contributed by atoms with van der Waals surface area (Å²) in [5, 5.41) is 2.89. The largest absolute Gasteiger partial charge is 0.465 e. The first-order chi connectivity index (χ1) is 8.49. The Labute approximate surface area is 105 Å². The van der Waals surface area contributed by atoms with Gasteiger partial charge in [0.25, 0.3) is 0 Å². The molecule has 1 aromatic carbocycles. The Morgan fingerprint density at radius 3 is 2.72 bits per heavy atom. The average molecular weight is 256 g/mol. The van der Waals surface area contributed by atoms with Crippen LogP contribution in [0.1, 0.15) is 17.3 Å². The molecule has 1 unspecified atom stereocenters. The number of hydrogen-bond acceptors (Lipinski definition) is 5. The zero-order valence-electron chi connectivity index (χ0n) is 10.6. The van der Waals surface area contributed by atoms with Crippen LogP contribution in [0.25, 0.3) is 0 Å². The van der Waals surface area contributed by atoms with Gasteiger partial charge in [-0.1, -0.05) is 0 Å². The van der Waals surface area contributed by atoms with Crippen LogP contribution in [0.3, 0.4) is 0 Å². The lowest BCUT2D eigenvalue weighted by atomic mass is 10.1. The summed E-state index contributed by atoms with van der Waals surface area (Å²) in [6.45, 7) is 2.24. The number of hydrogen-bond donors (Lipinski definition) is 2. The maximum Gasteiger partial charge on any atom is 0.340 e. The second-order valence-electron chi connectivity index (χ2n) is 3.91. The van der Waals surface area contributed by atoms with Crippen molar-refractivity contribution in [3.63, 3.8) is 0 Å². The number of nitrogens with two attached hydrogens (primary N) is 1. The van der Waals surface area contributed by atoms with Gasteiger partial charge in [0, 0.05) is 18.8 Å². The monoisotopic (exact) mass is 256 g/mol. The minimum absolute atomic E-state index is 0.0456. The third kappa shape index (κ3) is 3.33. The highest BCUT2D eigenvalue weighted by Gasteiger charge is 2.15. The lowest BCUT2D eigenvalue weighted by molar-refractivity contribution is 0.0602. The number of esters is 1. The topological polar surface area (TPSA) is 73.6 Å². The maximum atomic E-state index is 13.7. The van der Waals surface area contributed by atoms with E-state index in [1.165, 1.54) is 13.2 Å². The van der Waals surface area contributed by atoms with Crippen LogP contribution in [0, 0.1) is 5.82 Å². The molecule has 5 nitrogen and oxygen atoms in total. The lowest BCUT2D eigenvalue weighted by Crippen LogP contribution is -2.22. The number of carbonyl (C=O) groups excluding carboxylic acids is 1. The van der Waals surface area contributed by atoms with Gasteiger partial charge in [-0.3, -0.25) is 0 Å². The number of rotatable bonds is 5. The number of anilines is 2. The molecule has 0 aliphatic carbocycles. The number of ether oxygens (including phenoxy) is 2. The molecule has 0 saturated heterocycles. The van der Waals surface area contributed by atoms with Gasteiger partial charge >= 0.3 is 5.97 Å². The summed E-state index contributed by atoms with van der Waals surface area (Å²) in [5.41, 5.74) is 5.93. The molecule has 0 radical (unpaired) electrons. The van der Waals surface area contributed by atoms with Crippen LogP contribution >= 0.6 is 0 Å². The van der Waals surface area contributed by atoms with Gasteiger partial charge in [0.1, 0.15) is 5.82 Å². The standard InChI is InChI=1S/C12H17FN2O3/c1-7(6-17-2)15-11-4-8(12(16)18-3)10(14)5-9(11)13/h4-5,7,15H,6,14H2,1-3H3. The Morgan fingerprint density at radius 1 is 1.50 bits per heavy atom. The van der Waals surface area contributed by atoms with Crippen LogP contribution in [-0.4, -0.2) is 32.8 Å². The first kappa shape index (κ1) is 14.2. The van der Waals surface area contributed by atoms with Gasteiger partial charge in [0.2, 0.25) is 0 Å². The number of halogens is 1. The second kappa shape index (κ2) is 6.20. The van der Waals surface area contributed by atoms with Crippen molar-refractivity contribution in [3.05, 3.63) is 23.5 Å². The van der Waals surface area contributed by atoms with E-state index >= 15 is 0 Å². The number of nitrogens with one attached hydrogen (secondary N) is 1. The van der Waals surface area contributed by atoms with Crippen LogP contribution in [0.2, 0.25) is 0 Å². The molecule has 0 aliphatic heterocycles. The van der Waals surface area contributed by atoms with E-state index in [1.807, 2.05) is 6.92 Å². The van der Waals surface area contributed by atoms with Gasteiger partial charge in [-0.15, -0.1) is 0 Å². The Morgan fingerprint density at radius 2 is 2.17 bits per heavy atom. The van der Waals surface area contributed by atoms with E-state index in [4.69, 9.17) is 10.5 Å². The van der Waals surface area contributed by atoms with Gasteiger partial charge in [-0.25, -0.2) is 9.18 Å². The predicted octanol–water partition coefficient (Wildman–Crippen LogP) is 1.64. The summed E-state index contributed by atoms with van der Waals surface area (Å²) in [6, 6.07) is 2.33. The molecule has 100 valence electrons. The van der Waals surface area contributed by atoms with Crippen molar-refractivity contribution >= 4 is 17.3 Å². The Bertz CT molecular complexity index is 438. The summed E-state index contributed by atoms with van der Waals surface area (Å²) < 4.78 is 23.2. The van der Waals surface area contributed by atoms with Crippen LogP contribution in [0.15, 0.2) is 12.1 Å². The fourth-order valence-corrected chi connectivity index (χ4v) is 1.54. The minimum atomic E-state index is -0.602. The van der Waals surface area contributed by atoms with E-state index < -0.39 is 11.8 Å². The summed E-state index contributed by atoms with van der Waals surface area (Å²) in [7, 11) is 2.79. The molecule has 0 aromatic heterocycles. The first-order valence-corrected chi connectivity index (χ1v) is 5.42. The molecular weight excluding hydrogens is 239 g/mol. The fraction of sp³-hybridized carbons (Fsp3) is 0.417. The highest BCUT2D eigenvalue weighted by atomic mass is 19.1. The summed E-state index contributed by atoms with van der Waals surface area (Å²) in [4.78, 5) is 11.4. The van der Waals surface area contributed by atoms with Crippen molar-refractivity contribution in [3.8, 4) is 0 Å². The normalized spacial score (nSPS) is 12.0. The molecule has 0 aliphatic rings. The average Bonchev–Trinajstić information content (AvgIpc) is 2.32. The van der Waals surface area contributed by atoms with E-state index in [0.717, 1.165) is 6.07 Å². The molecular formula is C12H17FN2O3. The first-order valence-electron chi connectivity index (χ1n) is 5.42. The molecule has 0 amide bonds. The van der Waals surface area contributed by atoms with Crippen molar-refractivity contribution in [2.75, 3.05) is 31.9 Å². The van der Waals surface area contributed by atoms with Gasteiger partial charge in [-0.2, -0.15) is 0 Å². The molecule has 1 rings (SSSR count). The van der Waals surface area contributed by atoms with Crippen molar-refractivity contribution in [1.82, 2.24) is 0 Å². The Kier molecular flexibility index (Phi) is 4.91. The van der Waals surface area contributed by atoms with Crippen LogP contribution in [0.4, 0.5) is 15.8 Å². The van der Waals surface area contributed by atoms with E-state index in [-0.39, 0.29) is 23.0 Å². The second-order valence-corrected chi connectivity index (χ2v) is 3.91. The smallest absolute Gasteiger partial charge is 0.340 e. The zero-order chi connectivity index (χ0) is 13.7. The van der Waals surface area contributed by atoms with Crippen molar-refractivity contribution in [2.24, 2.45) is 0 Å². The lowest BCUT2D eigenvalue weighted by Gasteiger charge is -2.16. The molecule has 0 bridgehead atoms. The van der Waals surface area contributed by atoms with Crippen LogP contribution in [-0.2, 0) is 9.47 Å². The quantitative estimate of drug-likeness (QED) is 0.619. The minimum Gasteiger partial charge on any atom is -0.465 e. The highest BCUT2D eigenvalue weighted by molar-refractivity contribution is 5.96. The SMILES string of the molecule is COCC(C)Nc1cc(C(=O)OC)c(N)cc1F. The van der Waals surface area contributed by atoms with E-state index in [9.17, 15) is 9.18 Å². The molecule has 18 heavy (non-hydrogen) atoms. The third-order valence-corrected chi connectivity index (χ3v) is 2.36. The molecule has 0 spiro atoms. The van der Waals surface area contributed by atoms with Gasteiger partial charge < -0.3 is 20.5 Å². The van der Waals surface area contributed by atoms with Crippen molar-refractivity contribution in [1.29, 1.82) is 0 Å².